The lowest BCUT2D eigenvalue weighted by Crippen LogP contribution is -2.58. The van der Waals surface area contributed by atoms with Gasteiger partial charge in [0.1, 0.15) is 0 Å². The average Bonchev–Trinajstić information content (AvgIpc) is 3.35. The minimum Gasteiger partial charge on any atom is -0.378 e. The summed E-state index contributed by atoms with van der Waals surface area (Å²) in [5.74, 6) is 4.56. The summed E-state index contributed by atoms with van der Waals surface area (Å²) in [5, 5.41) is 3.47. The van der Waals surface area contributed by atoms with Crippen LogP contribution in [0.15, 0.2) is 0 Å². The molecule has 0 aromatic heterocycles. The second kappa shape index (κ2) is 5.73. The first-order valence-corrected chi connectivity index (χ1v) is 9.87. The van der Waals surface area contributed by atoms with Crippen LogP contribution < -0.4 is 5.32 Å². The Bertz CT molecular complexity index is 448. The van der Waals surface area contributed by atoms with E-state index in [1.165, 1.54) is 44.9 Å². The van der Waals surface area contributed by atoms with E-state index in [9.17, 15) is 4.79 Å². The molecule has 6 rings (SSSR count). The number of hydrogen-bond acceptors (Lipinski definition) is 3. The van der Waals surface area contributed by atoms with Gasteiger partial charge in [0.15, 0.2) is 0 Å². The van der Waals surface area contributed by atoms with Crippen molar-refractivity contribution in [3.63, 3.8) is 0 Å². The summed E-state index contributed by atoms with van der Waals surface area (Å²) >= 11 is 0. The maximum atomic E-state index is 12.7. The summed E-state index contributed by atoms with van der Waals surface area (Å²) in [6.07, 6.45) is 9.62. The second-order valence-corrected chi connectivity index (χ2v) is 8.97. The number of nitrogens with zero attached hydrogens (tertiary/aromatic N) is 1. The van der Waals surface area contributed by atoms with Crippen LogP contribution in [0.5, 0.6) is 0 Å². The van der Waals surface area contributed by atoms with Gasteiger partial charge in [-0.2, -0.15) is 0 Å². The fourth-order valence-electron chi connectivity index (χ4n) is 6.35. The average molecular weight is 318 g/mol. The Morgan fingerprint density at radius 1 is 1.00 bits per heavy atom. The Kier molecular flexibility index (Phi) is 3.67. The molecule has 0 aromatic rings. The van der Waals surface area contributed by atoms with Gasteiger partial charge in [-0.15, -0.1) is 0 Å². The topological polar surface area (TPSA) is 41.6 Å². The van der Waals surface area contributed by atoms with Crippen LogP contribution in [0.3, 0.4) is 0 Å². The van der Waals surface area contributed by atoms with Crippen LogP contribution >= 0.6 is 0 Å². The molecule has 5 saturated carbocycles. The van der Waals surface area contributed by atoms with Crippen molar-refractivity contribution in [2.24, 2.45) is 29.6 Å². The van der Waals surface area contributed by atoms with Gasteiger partial charge in [-0.3, -0.25) is 9.69 Å². The Labute approximate surface area is 139 Å². The van der Waals surface area contributed by atoms with Gasteiger partial charge in [-0.1, -0.05) is 0 Å². The van der Waals surface area contributed by atoms with Crippen molar-refractivity contribution in [3.05, 3.63) is 0 Å². The van der Waals surface area contributed by atoms with Crippen LogP contribution in [-0.2, 0) is 9.53 Å². The number of carbonyl (C=O) groups excluding carboxylic acids is 1. The first-order valence-electron chi connectivity index (χ1n) is 9.87. The quantitative estimate of drug-likeness (QED) is 0.862. The third-order valence-corrected chi connectivity index (χ3v) is 7.35. The molecular formula is C19H30N2O2. The molecule has 5 aliphatic carbocycles. The highest BCUT2D eigenvalue weighted by molar-refractivity contribution is 5.78. The number of hydrogen-bond donors (Lipinski definition) is 1. The zero-order valence-corrected chi connectivity index (χ0v) is 14.1. The third-order valence-electron chi connectivity index (χ3n) is 7.35. The van der Waals surface area contributed by atoms with Crippen LogP contribution in [0, 0.1) is 29.6 Å². The third kappa shape index (κ3) is 2.82. The SMILES string of the molecule is O=C(CN1CCOCC1C1CC1)NC1C2CC3CC(C2)CC1C3. The monoisotopic (exact) mass is 318 g/mol. The van der Waals surface area contributed by atoms with Crippen molar-refractivity contribution < 1.29 is 9.53 Å². The van der Waals surface area contributed by atoms with Crippen LogP contribution in [0.25, 0.3) is 0 Å². The molecule has 1 unspecified atom stereocenters. The molecule has 1 atom stereocenters. The lowest BCUT2D eigenvalue weighted by molar-refractivity contribution is -0.128. The van der Waals surface area contributed by atoms with Crippen LogP contribution in [0.1, 0.15) is 44.9 Å². The minimum absolute atomic E-state index is 0.273. The smallest absolute Gasteiger partial charge is 0.234 e. The maximum Gasteiger partial charge on any atom is 0.234 e. The van der Waals surface area contributed by atoms with E-state index in [2.05, 4.69) is 10.2 Å². The van der Waals surface area contributed by atoms with Gasteiger partial charge in [-0.25, -0.2) is 0 Å². The van der Waals surface area contributed by atoms with E-state index in [0.29, 0.717) is 18.6 Å². The van der Waals surface area contributed by atoms with E-state index in [4.69, 9.17) is 4.74 Å². The van der Waals surface area contributed by atoms with Crippen LogP contribution in [0.4, 0.5) is 0 Å². The van der Waals surface area contributed by atoms with E-state index in [1.807, 2.05) is 0 Å². The molecule has 1 N–H and O–H groups in total. The molecule has 4 bridgehead atoms. The maximum absolute atomic E-state index is 12.7. The Morgan fingerprint density at radius 2 is 1.70 bits per heavy atom. The zero-order chi connectivity index (χ0) is 15.4. The Balaban J connectivity index is 1.20. The minimum atomic E-state index is 0.273. The van der Waals surface area contributed by atoms with Gasteiger partial charge >= 0.3 is 0 Å². The molecule has 6 aliphatic rings. The number of morpholine rings is 1. The van der Waals surface area contributed by atoms with Gasteiger partial charge in [-0.05, 0) is 74.5 Å². The van der Waals surface area contributed by atoms with E-state index in [1.54, 1.807) is 0 Å². The largest absolute Gasteiger partial charge is 0.378 e. The molecular weight excluding hydrogens is 288 g/mol. The fraction of sp³-hybridized carbons (Fsp3) is 0.947. The van der Waals surface area contributed by atoms with E-state index >= 15 is 0 Å². The Morgan fingerprint density at radius 3 is 2.35 bits per heavy atom. The summed E-state index contributed by atoms with van der Waals surface area (Å²) in [7, 11) is 0. The summed E-state index contributed by atoms with van der Waals surface area (Å²) in [5.41, 5.74) is 0. The van der Waals surface area contributed by atoms with Gasteiger partial charge in [0.2, 0.25) is 5.91 Å². The predicted octanol–water partition coefficient (Wildman–Crippen LogP) is 2.04. The molecule has 6 fully saturated rings. The van der Waals surface area contributed by atoms with E-state index in [-0.39, 0.29) is 5.91 Å². The Hall–Kier alpha value is -0.610. The molecule has 0 aromatic carbocycles. The van der Waals surface area contributed by atoms with Crippen LogP contribution in [0.2, 0.25) is 0 Å². The number of nitrogens with one attached hydrogen (secondary N) is 1. The van der Waals surface area contributed by atoms with Crippen molar-refractivity contribution in [2.75, 3.05) is 26.3 Å². The van der Waals surface area contributed by atoms with Gasteiger partial charge in [0, 0.05) is 18.6 Å². The van der Waals surface area contributed by atoms with Crippen molar-refractivity contribution >= 4 is 5.91 Å². The number of carbonyl (C=O) groups is 1. The van der Waals surface area contributed by atoms with Crippen LogP contribution in [-0.4, -0.2) is 49.2 Å². The first kappa shape index (κ1) is 14.7. The molecule has 1 saturated heterocycles. The molecule has 23 heavy (non-hydrogen) atoms. The molecule has 0 radical (unpaired) electrons. The first-order chi connectivity index (χ1) is 11.3. The van der Waals surface area contributed by atoms with Gasteiger partial charge < -0.3 is 10.1 Å². The molecule has 1 aliphatic heterocycles. The molecule has 1 heterocycles. The molecule has 4 heteroatoms. The summed E-state index contributed by atoms with van der Waals surface area (Å²) in [6, 6.07) is 0.976. The standard InChI is InChI=1S/C19H30N2O2/c22-18(10-21-3-4-23-11-17(21)14-1-2-14)20-19-15-6-12-5-13(8-15)9-16(19)7-12/h12-17,19H,1-11H2,(H,20,22). The summed E-state index contributed by atoms with van der Waals surface area (Å²) in [4.78, 5) is 15.1. The number of amides is 1. The van der Waals surface area contributed by atoms with E-state index in [0.717, 1.165) is 49.3 Å². The van der Waals surface area contributed by atoms with Crippen molar-refractivity contribution in [1.29, 1.82) is 0 Å². The second-order valence-electron chi connectivity index (χ2n) is 8.97. The lowest BCUT2D eigenvalue weighted by Gasteiger charge is -2.54. The molecule has 128 valence electrons. The van der Waals surface area contributed by atoms with Crippen molar-refractivity contribution in [3.8, 4) is 0 Å². The highest BCUT2D eigenvalue weighted by Crippen LogP contribution is 2.53. The molecule has 1 amide bonds. The summed E-state index contributed by atoms with van der Waals surface area (Å²) in [6.45, 7) is 3.13. The highest BCUT2D eigenvalue weighted by Gasteiger charge is 2.48. The fourth-order valence-corrected chi connectivity index (χ4v) is 6.35. The van der Waals surface area contributed by atoms with Gasteiger partial charge in [0.25, 0.3) is 0 Å². The molecule has 4 nitrogen and oxygen atoms in total. The lowest BCUT2D eigenvalue weighted by atomic mass is 9.54. The molecule has 0 spiro atoms. The number of ether oxygens (including phenoxy) is 1. The number of rotatable bonds is 4. The van der Waals surface area contributed by atoms with Crippen molar-refractivity contribution in [2.45, 2.75) is 57.0 Å². The normalized spacial score (nSPS) is 46.1. The summed E-state index contributed by atoms with van der Waals surface area (Å²) < 4.78 is 5.65. The highest BCUT2D eigenvalue weighted by atomic mass is 16.5. The predicted molar refractivity (Wildman–Crippen MR) is 87.9 cm³/mol. The van der Waals surface area contributed by atoms with E-state index < -0.39 is 0 Å². The van der Waals surface area contributed by atoms with Crippen molar-refractivity contribution in [1.82, 2.24) is 10.2 Å². The zero-order valence-electron chi connectivity index (χ0n) is 14.1. The van der Waals surface area contributed by atoms with Gasteiger partial charge in [0.05, 0.1) is 19.8 Å².